The van der Waals surface area contributed by atoms with Crippen LogP contribution in [0.3, 0.4) is 0 Å². The molecule has 0 heterocycles. The van der Waals surface area contributed by atoms with Gasteiger partial charge >= 0.3 is 0 Å². The molecule has 0 nitrogen and oxygen atoms in total. The molecule has 0 aromatic heterocycles. The van der Waals surface area contributed by atoms with E-state index in [2.05, 4.69) is 139 Å². The van der Waals surface area contributed by atoms with Crippen LogP contribution in [0.2, 0.25) is 58.9 Å². The molecule has 0 fully saturated rings. The fraction of sp³-hybridized carbons (Fsp3) is 1.00. The van der Waals surface area contributed by atoms with Gasteiger partial charge in [-0.15, -0.1) is 47.5 Å². The molecule has 10 heteroatoms. The van der Waals surface area contributed by atoms with Crippen molar-refractivity contribution in [1.82, 2.24) is 0 Å². The summed E-state index contributed by atoms with van der Waals surface area (Å²) >= 11 is 0. The van der Waals surface area contributed by atoms with Crippen molar-refractivity contribution in [3.63, 3.8) is 0 Å². The Morgan fingerprint density at radius 2 is 0.382 bits per heavy atom. The van der Waals surface area contributed by atoms with Gasteiger partial charge in [0.1, 0.15) is 0 Å². The van der Waals surface area contributed by atoms with Crippen LogP contribution in [-0.4, -0.2) is 137 Å². The van der Waals surface area contributed by atoms with Crippen molar-refractivity contribution in [2.75, 3.05) is 80.0 Å². The Hall–Kier alpha value is 3.76. The Balaban J connectivity index is -0.000000196. The van der Waals surface area contributed by atoms with Crippen LogP contribution in [-0.2, 0) is 0 Å². The Kier molecular flexibility index (Phi) is 26.0. The summed E-state index contributed by atoms with van der Waals surface area (Å²) in [5.41, 5.74) is 0. The van der Waals surface area contributed by atoms with E-state index in [-0.39, 0.29) is 17.4 Å². The summed E-state index contributed by atoms with van der Waals surface area (Å²) in [6.45, 7) is 52.0. The van der Waals surface area contributed by atoms with Gasteiger partial charge in [0.25, 0.3) is 0 Å². The van der Waals surface area contributed by atoms with Crippen LogP contribution in [0, 0.1) is 0 Å². The first-order chi connectivity index (χ1) is 14.3. The van der Waals surface area contributed by atoms with Gasteiger partial charge in [-0.05, 0) is 95.0 Å². The van der Waals surface area contributed by atoms with Gasteiger partial charge in [-0.1, -0.05) is 58.9 Å². The fourth-order valence-electron chi connectivity index (χ4n) is 6.03. The summed E-state index contributed by atoms with van der Waals surface area (Å²) in [5, 5.41) is 3.31. The van der Waals surface area contributed by atoms with Crippen molar-refractivity contribution in [3.8, 4) is 0 Å². The lowest BCUT2D eigenvalue weighted by molar-refractivity contribution is 1.55. The lowest BCUT2D eigenvalue weighted by Gasteiger charge is -2.36. The van der Waals surface area contributed by atoms with Gasteiger partial charge in [0.15, 0.2) is 0 Å². The average molecular weight is 652 g/mol. The number of hydrogen-bond donors (Lipinski definition) is 0. The first kappa shape index (κ1) is 44.8. The van der Waals surface area contributed by atoms with Crippen molar-refractivity contribution >= 4 is 89.1 Å². The highest BCUT2D eigenvalue weighted by Gasteiger charge is 2.32. The molecule has 0 unspecified atom stereocenters. The summed E-state index contributed by atoms with van der Waals surface area (Å²) in [5.74, 6) is 0. The van der Waals surface area contributed by atoms with E-state index in [9.17, 15) is 0 Å². The number of rotatable bonds is 9. The predicted octanol–water partition coefficient (Wildman–Crippen LogP) is 10.6. The second kappa shape index (κ2) is 19.8. The smallest absolute Gasteiger partial charge is 0.0570 e. The molecule has 0 saturated heterocycles. The van der Waals surface area contributed by atoms with Gasteiger partial charge in [0, 0.05) is 17.4 Å². The van der Waals surface area contributed by atoms with E-state index in [0.717, 1.165) is 15.1 Å². The molecule has 0 saturated carbocycles. The molecule has 0 aromatic carbocycles. The van der Waals surface area contributed by atoms with Crippen LogP contribution in [0.5, 0.6) is 0 Å². The molecule has 0 amide bonds. The zero-order valence-corrected chi connectivity index (χ0v) is 37.0. The lowest BCUT2D eigenvalue weighted by Crippen LogP contribution is -2.34. The molecule has 0 rings (SSSR count). The maximum absolute atomic E-state index is 2.52. The molecule has 0 aromatic rings. The van der Waals surface area contributed by atoms with Crippen LogP contribution in [0.4, 0.5) is 0 Å². The quantitative estimate of drug-likeness (QED) is 0.172. The molecular weight excluding hydrogens is 585 g/mol. The predicted molar refractivity (Wildman–Crippen MR) is 200 cm³/mol. The van der Waals surface area contributed by atoms with Gasteiger partial charge in [-0.2, -0.15) is 0 Å². The van der Waals surface area contributed by atoms with Crippen LogP contribution in [0.1, 0.15) is 0 Å². The second-order valence-corrected chi connectivity index (χ2v) is 48.7. The molecule has 0 spiro atoms. The maximum atomic E-state index is 2.52. The van der Waals surface area contributed by atoms with Crippen LogP contribution >= 0.6 is 47.5 Å². The molecule has 0 N–H and O–H groups in total. The minimum absolute atomic E-state index is 0. The van der Waals surface area contributed by atoms with E-state index in [1.807, 2.05) is 0 Å². The van der Waals surface area contributed by atoms with E-state index in [1.165, 1.54) is 0 Å². The van der Waals surface area contributed by atoms with Crippen molar-refractivity contribution in [3.05, 3.63) is 0 Å². The molecule has 0 aliphatic heterocycles. The SMILES string of the molecule is CP(C)C(P(C)C)[Si](C)(C)C.CP(C)C(P(C)C)[Si](C)(C)C.CP(C)C(P(C)C)[Si](C)(C)C.[Al]. The molecule has 0 aliphatic rings. The van der Waals surface area contributed by atoms with Gasteiger partial charge in [0.2, 0.25) is 0 Å². The summed E-state index contributed by atoms with van der Waals surface area (Å²) in [6, 6.07) is 0. The Bertz CT molecular complexity index is 401. The van der Waals surface area contributed by atoms with Gasteiger partial charge in [-0.3, -0.25) is 0 Å². The average Bonchev–Trinajstić information content (AvgIpc) is 2.39. The highest BCUT2D eigenvalue weighted by Crippen LogP contribution is 2.56. The lowest BCUT2D eigenvalue weighted by atomic mass is 11.7. The Labute approximate surface area is 241 Å². The van der Waals surface area contributed by atoms with Crippen LogP contribution < -0.4 is 0 Å². The third-order valence-corrected chi connectivity index (χ3v) is 47.3. The Morgan fingerprint density at radius 1 is 0.294 bits per heavy atom. The third kappa shape index (κ3) is 20.6. The zero-order chi connectivity index (χ0) is 27.7. The van der Waals surface area contributed by atoms with Crippen molar-refractivity contribution < 1.29 is 0 Å². The normalized spacial score (nSPS) is 13.2. The molecule has 0 atom stereocenters. The highest BCUT2D eigenvalue weighted by atomic mass is 31.2. The molecule has 3 radical (unpaired) electrons. The molecule has 0 bridgehead atoms. The van der Waals surface area contributed by atoms with Crippen molar-refractivity contribution in [2.45, 2.75) is 74.0 Å². The first-order valence-electron chi connectivity index (χ1n) is 12.3. The van der Waals surface area contributed by atoms with Crippen molar-refractivity contribution in [1.29, 1.82) is 0 Å². The van der Waals surface area contributed by atoms with Crippen molar-refractivity contribution in [2.24, 2.45) is 0 Å². The summed E-state index contributed by atoms with van der Waals surface area (Å²) < 4.78 is 0. The summed E-state index contributed by atoms with van der Waals surface area (Å²) in [7, 11) is -0.771. The maximum Gasteiger partial charge on any atom is 0.0570 e. The van der Waals surface area contributed by atoms with Crippen LogP contribution in [0.15, 0.2) is 0 Å². The standard InChI is InChI=1S/3C8H22P2Si.Al/c3*1-9(2)8(10(3)4)11(5,6)7;/h3*8H,1-7H3;. The summed E-state index contributed by atoms with van der Waals surface area (Å²) in [4.78, 5) is 0. The van der Waals surface area contributed by atoms with E-state index in [4.69, 9.17) is 0 Å². The summed E-state index contributed by atoms with van der Waals surface area (Å²) in [6.07, 6.45) is 0. The fourth-order valence-corrected chi connectivity index (χ4v) is 54.3. The molecule has 34 heavy (non-hydrogen) atoms. The van der Waals surface area contributed by atoms with Gasteiger partial charge in [0.05, 0.1) is 24.2 Å². The van der Waals surface area contributed by atoms with E-state index >= 15 is 0 Å². The number of hydrogen-bond acceptors (Lipinski definition) is 0. The van der Waals surface area contributed by atoms with E-state index < -0.39 is 24.2 Å². The molecule has 207 valence electrons. The van der Waals surface area contributed by atoms with Gasteiger partial charge < -0.3 is 0 Å². The first-order valence-corrected chi connectivity index (χ1v) is 36.8. The Morgan fingerprint density at radius 3 is 0.382 bits per heavy atom. The van der Waals surface area contributed by atoms with E-state index in [0.29, 0.717) is 47.5 Å². The third-order valence-electron chi connectivity index (χ3n) is 5.26. The molecule has 0 aliphatic carbocycles. The molecular formula is C24H66AlP6Si3. The minimum atomic E-state index is -0.855. The monoisotopic (exact) mass is 651 g/mol. The van der Waals surface area contributed by atoms with Gasteiger partial charge in [-0.25, -0.2) is 0 Å². The minimum Gasteiger partial charge on any atom is -0.108 e. The second-order valence-electron chi connectivity index (χ2n) is 14.0. The largest absolute Gasteiger partial charge is 0.108 e. The highest BCUT2D eigenvalue weighted by molar-refractivity contribution is 7.79. The topological polar surface area (TPSA) is 0 Å². The zero-order valence-electron chi connectivity index (χ0n) is 27.5. The van der Waals surface area contributed by atoms with Crippen LogP contribution in [0.25, 0.3) is 0 Å². The van der Waals surface area contributed by atoms with E-state index in [1.54, 1.807) is 0 Å².